The van der Waals surface area contributed by atoms with Crippen molar-refractivity contribution < 1.29 is 18.0 Å². The molecule has 6 nitrogen and oxygen atoms in total. The van der Waals surface area contributed by atoms with E-state index in [9.17, 15) is 23.2 Å². The molecule has 2 aromatic heterocycles. The van der Waals surface area contributed by atoms with E-state index < -0.39 is 24.2 Å². The molecule has 3 heterocycles. The average Bonchev–Trinajstić information content (AvgIpc) is 3.43. The number of rotatable bonds is 3. The molecular weight excluding hydrogens is 535 g/mol. The van der Waals surface area contributed by atoms with E-state index in [2.05, 4.69) is 42.6 Å². The molecule has 0 unspecified atom stereocenters. The predicted molar refractivity (Wildman–Crippen MR) is 142 cm³/mol. The lowest BCUT2D eigenvalue weighted by molar-refractivity contribution is -0.173. The van der Waals surface area contributed by atoms with Crippen molar-refractivity contribution in [2.45, 2.75) is 64.7 Å². The van der Waals surface area contributed by atoms with Crippen molar-refractivity contribution in [1.29, 1.82) is 5.26 Å². The number of benzene rings is 1. The van der Waals surface area contributed by atoms with Gasteiger partial charge in [0.2, 0.25) is 0 Å². The van der Waals surface area contributed by atoms with Gasteiger partial charge in [0.15, 0.2) is 11.7 Å². The second-order valence-corrected chi connectivity index (χ2v) is 12.5. The third kappa shape index (κ3) is 5.02. The quantitative estimate of drug-likeness (QED) is 0.346. The summed E-state index contributed by atoms with van der Waals surface area (Å²) in [5.41, 5.74) is 2.02. The van der Waals surface area contributed by atoms with Crippen LogP contribution in [0, 0.1) is 22.7 Å². The number of nitriles is 1. The highest BCUT2D eigenvalue weighted by Crippen LogP contribution is 2.45. The lowest BCUT2D eigenvalue weighted by Crippen LogP contribution is -2.35. The zero-order valence-electron chi connectivity index (χ0n) is 21.1. The topological polar surface area (TPSA) is 82.7 Å². The minimum atomic E-state index is -4.56. The molecule has 200 valence electrons. The van der Waals surface area contributed by atoms with Crippen molar-refractivity contribution in [3.05, 3.63) is 62.6 Å². The number of hydrogen-bond donors (Lipinski definition) is 2. The molecule has 0 fully saturated rings. The van der Waals surface area contributed by atoms with Gasteiger partial charge in [0, 0.05) is 22.4 Å². The van der Waals surface area contributed by atoms with Gasteiger partial charge in [-0.3, -0.25) is 4.79 Å². The van der Waals surface area contributed by atoms with Gasteiger partial charge in [0.25, 0.3) is 5.91 Å². The van der Waals surface area contributed by atoms with E-state index in [0.29, 0.717) is 27.1 Å². The summed E-state index contributed by atoms with van der Waals surface area (Å²) in [6.45, 7) is 6.60. The van der Waals surface area contributed by atoms with Crippen molar-refractivity contribution in [3.63, 3.8) is 0 Å². The second-order valence-electron chi connectivity index (χ2n) is 11.0. The monoisotopic (exact) mass is 561 g/mol. The van der Waals surface area contributed by atoms with Gasteiger partial charge in [-0.1, -0.05) is 44.5 Å². The first kappa shape index (κ1) is 26.6. The Hall–Kier alpha value is -3.03. The fourth-order valence-corrected chi connectivity index (χ4v) is 6.70. The number of carbonyl (C=O) groups excluding carboxylic acids is 1. The third-order valence-electron chi connectivity index (χ3n) is 7.52. The number of nitrogens with one attached hydrogen (secondary N) is 2. The van der Waals surface area contributed by atoms with Crippen LogP contribution in [-0.2, 0) is 12.8 Å². The Morgan fingerprint density at radius 2 is 1.97 bits per heavy atom. The van der Waals surface area contributed by atoms with E-state index in [1.807, 2.05) is 0 Å². The number of nitrogens with zero attached hydrogens (tertiary/aromatic N) is 3. The lowest BCUT2D eigenvalue weighted by Gasteiger charge is -2.33. The van der Waals surface area contributed by atoms with Crippen molar-refractivity contribution in [3.8, 4) is 6.07 Å². The van der Waals surface area contributed by atoms with Crippen LogP contribution in [0.4, 0.5) is 24.0 Å². The molecular formula is C27H27ClF3N5OS. The number of alkyl halides is 3. The summed E-state index contributed by atoms with van der Waals surface area (Å²) in [5.74, 6) is -0.0922. The van der Waals surface area contributed by atoms with Gasteiger partial charge < -0.3 is 10.6 Å². The minimum Gasteiger partial charge on any atom is -0.363 e. The van der Waals surface area contributed by atoms with Crippen LogP contribution in [0.1, 0.15) is 77.8 Å². The second kappa shape index (κ2) is 9.62. The van der Waals surface area contributed by atoms with Crippen LogP contribution < -0.4 is 10.6 Å². The van der Waals surface area contributed by atoms with Gasteiger partial charge in [-0.25, -0.2) is 4.68 Å². The number of fused-ring (bicyclic) bond motifs is 2. The van der Waals surface area contributed by atoms with E-state index in [1.165, 1.54) is 17.4 Å². The Kier molecular flexibility index (Phi) is 6.72. The Balaban J connectivity index is 1.42. The minimum absolute atomic E-state index is 0.0997. The molecule has 1 aromatic carbocycles. The number of carbonyl (C=O) groups is 1. The van der Waals surface area contributed by atoms with Gasteiger partial charge >= 0.3 is 6.18 Å². The Morgan fingerprint density at radius 3 is 2.61 bits per heavy atom. The van der Waals surface area contributed by atoms with Gasteiger partial charge in [-0.2, -0.15) is 23.5 Å². The van der Waals surface area contributed by atoms with E-state index in [-0.39, 0.29) is 23.3 Å². The number of amides is 1. The molecule has 1 amide bonds. The molecule has 0 bridgehead atoms. The highest BCUT2D eigenvalue weighted by molar-refractivity contribution is 7.16. The summed E-state index contributed by atoms with van der Waals surface area (Å²) in [6, 6.07) is 7.62. The van der Waals surface area contributed by atoms with E-state index in [4.69, 9.17) is 11.6 Å². The maximum atomic E-state index is 14.0. The summed E-state index contributed by atoms with van der Waals surface area (Å²) in [5, 5.41) is 20.6. The standard InChI is InChI=1S/C27H27ClF3N5OS/c1-26(2,3)15-6-9-17-18(13-32)25(38-21(17)10-15)34-24(37)20-12-23-33-19(14-4-7-16(28)8-5-14)11-22(27(29,30)31)36(23)35-20/h4-5,7-8,12,15,19,22,33H,6,9-11H2,1-3H3,(H,34,37)/t15-,19-,22+/m1/s1. The van der Waals surface area contributed by atoms with Crippen LogP contribution in [-0.4, -0.2) is 21.9 Å². The Morgan fingerprint density at radius 1 is 1.26 bits per heavy atom. The van der Waals surface area contributed by atoms with Crippen molar-refractivity contribution in [2.75, 3.05) is 10.6 Å². The lowest BCUT2D eigenvalue weighted by atomic mass is 9.72. The molecule has 0 radical (unpaired) electrons. The van der Waals surface area contributed by atoms with E-state index in [1.54, 1.807) is 24.3 Å². The molecule has 38 heavy (non-hydrogen) atoms. The molecule has 5 rings (SSSR count). The maximum absolute atomic E-state index is 14.0. The third-order valence-corrected chi connectivity index (χ3v) is 8.95. The number of hydrogen-bond acceptors (Lipinski definition) is 5. The molecule has 3 atom stereocenters. The van der Waals surface area contributed by atoms with Crippen molar-refractivity contribution in [1.82, 2.24) is 9.78 Å². The Labute approximate surface area is 227 Å². The average molecular weight is 562 g/mol. The van der Waals surface area contributed by atoms with Crippen LogP contribution in [0.2, 0.25) is 5.02 Å². The first-order chi connectivity index (χ1) is 17.8. The largest absolute Gasteiger partial charge is 0.410 e. The predicted octanol–water partition coefficient (Wildman–Crippen LogP) is 7.53. The number of thiophene rings is 1. The van der Waals surface area contributed by atoms with Gasteiger partial charge in [0.05, 0.1) is 11.6 Å². The number of aromatic nitrogens is 2. The van der Waals surface area contributed by atoms with Gasteiger partial charge in [0.1, 0.15) is 16.9 Å². The molecule has 1 aliphatic carbocycles. The molecule has 2 N–H and O–H groups in total. The fourth-order valence-electron chi connectivity index (χ4n) is 5.30. The molecule has 3 aromatic rings. The number of halogens is 4. The van der Waals surface area contributed by atoms with E-state index in [0.717, 1.165) is 34.4 Å². The SMILES string of the molecule is CC(C)(C)[C@@H]1CCc2c(sc(NC(=O)c3cc4n(n3)[C@H](C(F)(F)F)C[C@H](c3ccc(Cl)cc3)N4)c2C#N)C1. The molecule has 0 saturated heterocycles. The zero-order valence-corrected chi connectivity index (χ0v) is 22.7. The van der Waals surface area contributed by atoms with Gasteiger partial charge in [-0.15, -0.1) is 11.3 Å². The molecule has 11 heteroatoms. The first-order valence-corrected chi connectivity index (χ1v) is 13.6. The van der Waals surface area contributed by atoms with Crippen LogP contribution in [0.3, 0.4) is 0 Å². The van der Waals surface area contributed by atoms with Crippen molar-refractivity contribution >= 4 is 39.7 Å². The van der Waals surface area contributed by atoms with Crippen LogP contribution in [0.15, 0.2) is 30.3 Å². The molecule has 0 spiro atoms. The maximum Gasteiger partial charge on any atom is 0.410 e. The van der Waals surface area contributed by atoms with Gasteiger partial charge in [-0.05, 0) is 53.9 Å². The summed E-state index contributed by atoms with van der Waals surface area (Å²) >= 11 is 7.31. The van der Waals surface area contributed by atoms with Crippen LogP contribution in [0.5, 0.6) is 0 Å². The summed E-state index contributed by atoms with van der Waals surface area (Å²) in [4.78, 5) is 14.2. The smallest absolute Gasteiger partial charge is 0.363 e. The molecule has 1 aliphatic heterocycles. The van der Waals surface area contributed by atoms with Crippen LogP contribution >= 0.6 is 22.9 Å². The summed E-state index contributed by atoms with van der Waals surface area (Å²) < 4.78 is 42.9. The fraction of sp³-hybridized carbons (Fsp3) is 0.444. The molecule has 2 aliphatic rings. The highest BCUT2D eigenvalue weighted by atomic mass is 35.5. The van der Waals surface area contributed by atoms with Crippen molar-refractivity contribution in [2.24, 2.45) is 11.3 Å². The van der Waals surface area contributed by atoms with Crippen LogP contribution in [0.25, 0.3) is 0 Å². The summed E-state index contributed by atoms with van der Waals surface area (Å²) in [7, 11) is 0. The normalized spacial score (nSPS) is 21.2. The zero-order chi connectivity index (χ0) is 27.4. The van der Waals surface area contributed by atoms with E-state index >= 15 is 0 Å². The molecule has 0 saturated carbocycles. The number of anilines is 2. The first-order valence-electron chi connectivity index (χ1n) is 12.4. The summed E-state index contributed by atoms with van der Waals surface area (Å²) in [6.07, 6.45) is -2.30. The highest BCUT2D eigenvalue weighted by Gasteiger charge is 2.47. The Bertz CT molecular complexity index is 1410.